The summed E-state index contributed by atoms with van der Waals surface area (Å²) in [4.78, 5) is 12.7. The van der Waals surface area contributed by atoms with Crippen LogP contribution in [0.4, 0.5) is 0 Å². The molecule has 0 aromatic heterocycles. The van der Waals surface area contributed by atoms with Gasteiger partial charge in [0.1, 0.15) is 23.9 Å². The Labute approximate surface area is 178 Å². The lowest BCUT2D eigenvalue weighted by Gasteiger charge is -2.21. The number of aryl methyl sites for hydroxylation is 2. The van der Waals surface area contributed by atoms with Crippen LogP contribution in [0.1, 0.15) is 30.5 Å². The fraction of sp³-hybridized carbons (Fsp3) is 0.269. The first-order valence-electron chi connectivity index (χ1n) is 10.1. The molecule has 156 valence electrons. The summed E-state index contributed by atoms with van der Waals surface area (Å²) in [6, 6.07) is 23.0. The molecule has 30 heavy (non-hydrogen) atoms. The third-order valence-corrected chi connectivity index (χ3v) is 4.55. The number of ether oxygens (including phenoxy) is 3. The SMILES string of the molecule is Cc1cc(C)cc(OC(C(=O)OCc2cccc(Oc3ccccc3)c2)C(C)C)c1. The molecule has 0 saturated carbocycles. The Balaban J connectivity index is 1.63. The summed E-state index contributed by atoms with van der Waals surface area (Å²) in [6.45, 7) is 8.07. The molecule has 0 bridgehead atoms. The predicted molar refractivity (Wildman–Crippen MR) is 118 cm³/mol. The molecule has 3 aromatic rings. The number of carbonyl (C=O) groups is 1. The van der Waals surface area contributed by atoms with Crippen molar-refractivity contribution in [1.29, 1.82) is 0 Å². The van der Waals surface area contributed by atoms with Gasteiger partial charge < -0.3 is 14.2 Å². The van der Waals surface area contributed by atoms with Crippen molar-refractivity contribution in [3.8, 4) is 17.2 Å². The molecule has 4 heteroatoms. The molecule has 4 nitrogen and oxygen atoms in total. The van der Waals surface area contributed by atoms with Crippen molar-refractivity contribution in [2.24, 2.45) is 5.92 Å². The van der Waals surface area contributed by atoms with Crippen molar-refractivity contribution in [1.82, 2.24) is 0 Å². The standard InChI is InChI=1S/C26H28O4/c1-18(2)25(30-24-14-19(3)13-20(4)15-24)26(27)28-17-21-9-8-12-23(16-21)29-22-10-6-5-7-11-22/h5-16,18,25H,17H2,1-4H3. The summed E-state index contributed by atoms with van der Waals surface area (Å²) in [6.07, 6.45) is -0.671. The minimum absolute atomic E-state index is 0.0222. The van der Waals surface area contributed by atoms with Crippen molar-refractivity contribution in [2.45, 2.75) is 40.4 Å². The van der Waals surface area contributed by atoms with Gasteiger partial charge in [0.25, 0.3) is 0 Å². The van der Waals surface area contributed by atoms with Gasteiger partial charge in [0, 0.05) is 5.92 Å². The van der Waals surface area contributed by atoms with E-state index in [0.29, 0.717) is 11.5 Å². The van der Waals surface area contributed by atoms with Crippen molar-refractivity contribution < 1.29 is 19.0 Å². The highest BCUT2D eigenvalue weighted by Gasteiger charge is 2.26. The highest BCUT2D eigenvalue weighted by Crippen LogP contribution is 2.23. The highest BCUT2D eigenvalue weighted by atomic mass is 16.6. The molecule has 0 saturated heterocycles. The van der Waals surface area contributed by atoms with Gasteiger partial charge >= 0.3 is 5.97 Å². The lowest BCUT2D eigenvalue weighted by Crippen LogP contribution is -2.34. The summed E-state index contributed by atoms with van der Waals surface area (Å²) >= 11 is 0. The third kappa shape index (κ3) is 6.11. The molecule has 3 aromatic carbocycles. The molecular weight excluding hydrogens is 376 g/mol. The average molecular weight is 405 g/mol. The lowest BCUT2D eigenvalue weighted by atomic mass is 10.1. The zero-order valence-corrected chi connectivity index (χ0v) is 17.9. The summed E-state index contributed by atoms with van der Waals surface area (Å²) in [5, 5.41) is 0. The molecule has 0 spiro atoms. The molecule has 0 aliphatic rings. The molecule has 0 aliphatic carbocycles. The molecule has 0 amide bonds. The molecule has 0 radical (unpaired) electrons. The van der Waals surface area contributed by atoms with Gasteiger partial charge in [-0.15, -0.1) is 0 Å². The Kier molecular flexibility index (Phi) is 7.12. The Bertz CT molecular complexity index is 959. The minimum atomic E-state index is -0.671. The van der Waals surface area contributed by atoms with E-state index >= 15 is 0 Å². The molecule has 0 heterocycles. The maximum Gasteiger partial charge on any atom is 0.347 e. The normalized spacial score (nSPS) is 11.8. The number of rotatable bonds is 8. The zero-order chi connectivity index (χ0) is 21.5. The second kappa shape index (κ2) is 9.97. The quantitative estimate of drug-likeness (QED) is 0.417. The number of hydrogen-bond donors (Lipinski definition) is 0. The van der Waals surface area contributed by atoms with E-state index in [2.05, 4.69) is 6.07 Å². The fourth-order valence-electron chi connectivity index (χ4n) is 3.16. The summed E-state index contributed by atoms with van der Waals surface area (Å²) in [5.41, 5.74) is 3.04. The van der Waals surface area contributed by atoms with Crippen molar-refractivity contribution >= 4 is 5.97 Å². The Morgan fingerprint density at radius 3 is 2.13 bits per heavy atom. The van der Waals surface area contributed by atoms with Gasteiger partial charge in [-0.1, -0.05) is 50.2 Å². The van der Waals surface area contributed by atoms with Crippen molar-refractivity contribution in [3.05, 3.63) is 89.5 Å². The lowest BCUT2D eigenvalue weighted by molar-refractivity contribution is -0.155. The van der Waals surface area contributed by atoms with Crippen LogP contribution in [0.3, 0.4) is 0 Å². The summed E-state index contributed by atoms with van der Waals surface area (Å²) in [5.74, 6) is 1.74. The van der Waals surface area contributed by atoms with E-state index in [9.17, 15) is 4.79 Å². The topological polar surface area (TPSA) is 44.8 Å². The number of para-hydroxylation sites is 1. The first kappa shape index (κ1) is 21.4. The fourth-order valence-corrected chi connectivity index (χ4v) is 3.16. The first-order chi connectivity index (χ1) is 14.4. The molecular formula is C26H28O4. The van der Waals surface area contributed by atoms with E-state index < -0.39 is 6.10 Å². The molecule has 1 atom stereocenters. The first-order valence-corrected chi connectivity index (χ1v) is 10.1. The van der Waals surface area contributed by atoms with Crippen molar-refractivity contribution in [2.75, 3.05) is 0 Å². The van der Waals surface area contributed by atoms with E-state index in [-0.39, 0.29) is 18.5 Å². The summed E-state index contributed by atoms with van der Waals surface area (Å²) in [7, 11) is 0. The van der Waals surface area contributed by atoms with Crippen LogP contribution in [-0.4, -0.2) is 12.1 Å². The van der Waals surface area contributed by atoms with Gasteiger partial charge in [-0.25, -0.2) is 4.79 Å². The van der Waals surface area contributed by atoms with Gasteiger partial charge in [-0.3, -0.25) is 0 Å². The molecule has 3 rings (SSSR count). The van der Waals surface area contributed by atoms with E-state index in [4.69, 9.17) is 14.2 Å². The van der Waals surface area contributed by atoms with Gasteiger partial charge in [0.05, 0.1) is 0 Å². The average Bonchev–Trinajstić information content (AvgIpc) is 2.70. The molecule has 0 N–H and O–H groups in total. The van der Waals surface area contributed by atoms with E-state index in [0.717, 1.165) is 22.4 Å². The monoisotopic (exact) mass is 404 g/mol. The number of hydrogen-bond acceptors (Lipinski definition) is 4. The predicted octanol–water partition coefficient (Wildman–Crippen LogP) is 6.24. The number of carbonyl (C=O) groups excluding carboxylic acids is 1. The molecule has 1 unspecified atom stereocenters. The Morgan fingerprint density at radius 2 is 1.47 bits per heavy atom. The zero-order valence-electron chi connectivity index (χ0n) is 17.9. The van der Waals surface area contributed by atoms with Gasteiger partial charge in [-0.05, 0) is 66.9 Å². The molecule has 0 aliphatic heterocycles. The Morgan fingerprint density at radius 1 is 0.800 bits per heavy atom. The number of benzene rings is 3. The minimum Gasteiger partial charge on any atom is -0.478 e. The van der Waals surface area contributed by atoms with Gasteiger partial charge in [0.15, 0.2) is 6.10 Å². The van der Waals surface area contributed by atoms with Crippen LogP contribution in [-0.2, 0) is 16.1 Å². The second-order valence-electron chi connectivity index (χ2n) is 7.78. The summed E-state index contributed by atoms with van der Waals surface area (Å²) < 4.78 is 17.4. The number of esters is 1. The van der Waals surface area contributed by atoms with E-state index in [1.807, 2.05) is 94.4 Å². The van der Waals surface area contributed by atoms with Crippen LogP contribution in [0.5, 0.6) is 17.2 Å². The maximum absolute atomic E-state index is 12.7. The van der Waals surface area contributed by atoms with Crippen LogP contribution < -0.4 is 9.47 Å². The molecule has 0 fully saturated rings. The van der Waals surface area contributed by atoms with E-state index in [1.165, 1.54) is 0 Å². The van der Waals surface area contributed by atoms with Crippen LogP contribution in [0.2, 0.25) is 0 Å². The largest absolute Gasteiger partial charge is 0.478 e. The van der Waals surface area contributed by atoms with Crippen molar-refractivity contribution in [3.63, 3.8) is 0 Å². The Hall–Kier alpha value is -3.27. The van der Waals surface area contributed by atoms with E-state index in [1.54, 1.807) is 0 Å². The van der Waals surface area contributed by atoms with Gasteiger partial charge in [-0.2, -0.15) is 0 Å². The third-order valence-electron chi connectivity index (χ3n) is 4.55. The second-order valence-corrected chi connectivity index (χ2v) is 7.78. The van der Waals surface area contributed by atoms with Crippen LogP contribution >= 0.6 is 0 Å². The van der Waals surface area contributed by atoms with Crippen LogP contribution in [0, 0.1) is 19.8 Å². The highest BCUT2D eigenvalue weighted by molar-refractivity contribution is 5.75. The van der Waals surface area contributed by atoms with Gasteiger partial charge in [0.2, 0.25) is 0 Å². The smallest absolute Gasteiger partial charge is 0.347 e. The maximum atomic E-state index is 12.7. The van der Waals surface area contributed by atoms with Crippen LogP contribution in [0.15, 0.2) is 72.8 Å². The van der Waals surface area contributed by atoms with Crippen LogP contribution in [0.25, 0.3) is 0 Å².